The molecule has 0 fully saturated rings. The SMILES string of the molecule is COC(=O)c1ccccc1NC(C)c1cc(C)cc2c(=O)cc(-c3c[nH]c(=O)cn3)oc12. The van der Waals surface area contributed by atoms with Gasteiger partial charge in [-0.15, -0.1) is 0 Å². The van der Waals surface area contributed by atoms with Crippen LogP contribution in [0.1, 0.15) is 34.5 Å². The van der Waals surface area contributed by atoms with Crippen molar-refractivity contribution in [3.05, 3.63) is 92.1 Å². The highest BCUT2D eigenvalue weighted by atomic mass is 16.5. The third-order valence-corrected chi connectivity index (χ3v) is 5.10. The highest BCUT2D eigenvalue weighted by Gasteiger charge is 2.19. The molecule has 0 saturated carbocycles. The molecule has 8 nitrogen and oxygen atoms in total. The van der Waals surface area contributed by atoms with Gasteiger partial charge in [0.05, 0.1) is 30.3 Å². The number of nitrogens with zero attached hydrogens (tertiary/aromatic N) is 1. The number of H-pyrrole nitrogens is 1. The molecule has 0 amide bonds. The van der Waals surface area contributed by atoms with E-state index in [-0.39, 0.29) is 22.8 Å². The number of methoxy groups -OCH3 is 1. The Balaban J connectivity index is 1.83. The van der Waals surface area contributed by atoms with Crippen molar-refractivity contribution in [2.45, 2.75) is 19.9 Å². The summed E-state index contributed by atoms with van der Waals surface area (Å²) in [5, 5.41) is 3.75. The lowest BCUT2D eigenvalue weighted by molar-refractivity contribution is 0.0602. The maximum absolute atomic E-state index is 12.9. The molecule has 0 bridgehead atoms. The first kappa shape index (κ1) is 21.0. The van der Waals surface area contributed by atoms with Crippen molar-refractivity contribution >= 4 is 22.6 Å². The van der Waals surface area contributed by atoms with Crippen molar-refractivity contribution in [3.8, 4) is 11.5 Å². The van der Waals surface area contributed by atoms with Crippen molar-refractivity contribution in [2.24, 2.45) is 0 Å². The molecule has 162 valence electrons. The van der Waals surface area contributed by atoms with Gasteiger partial charge in [-0.25, -0.2) is 9.78 Å². The number of esters is 1. The molecular formula is C24H21N3O5. The molecule has 32 heavy (non-hydrogen) atoms. The minimum absolute atomic E-state index is 0.221. The predicted molar refractivity (Wildman–Crippen MR) is 121 cm³/mol. The van der Waals surface area contributed by atoms with Gasteiger partial charge in [-0.2, -0.15) is 0 Å². The molecule has 0 radical (unpaired) electrons. The van der Waals surface area contributed by atoms with Crippen LogP contribution in [0.25, 0.3) is 22.4 Å². The summed E-state index contributed by atoms with van der Waals surface area (Å²) in [4.78, 5) is 42.9. The number of ether oxygens (including phenoxy) is 1. The number of fused-ring (bicyclic) bond motifs is 1. The molecule has 8 heteroatoms. The Hall–Kier alpha value is -4.20. The van der Waals surface area contributed by atoms with Crippen LogP contribution in [0.2, 0.25) is 0 Å². The number of rotatable bonds is 5. The van der Waals surface area contributed by atoms with E-state index in [1.54, 1.807) is 24.3 Å². The van der Waals surface area contributed by atoms with E-state index in [0.29, 0.717) is 27.9 Å². The molecule has 2 heterocycles. The lowest BCUT2D eigenvalue weighted by atomic mass is 10.0. The molecule has 2 aromatic heterocycles. The van der Waals surface area contributed by atoms with E-state index >= 15 is 0 Å². The Labute approximate surface area is 182 Å². The average Bonchev–Trinajstić information content (AvgIpc) is 2.79. The predicted octanol–water partition coefficient (Wildman–Crippen LogP) is 3.81. The van der Waals surface area contributed by atoms with Crippen molar-refractivity contribution < 1.29 is 13.9 Å². The summed E-state index contributed by atoms with van der Waals surface area (Å²) in [5.74, 6) is -0.210. The molecule has 0 aliphatic rings. The minimum Gasteiger partial charge on any atom is -0.465 e. The fourth-order valence-corrected chi connectivity index (χ4v) is 3.57. The maximum Gasteiger partial charge on any atom is 0.339 e. The number of carbonyl (C=O) groups is 1. The quantitative estimate of drug-likeness (QED) is 0.462. The Morgan fingerprint density at radius 3 is 2.69 bits per heavy atom. The number of carbonyl (C=O) groups excluding carboxylic acids is 1. The summed E-state index contributed by atoms with van der Waals surface area (Å²) in [6.45, 7) is 3.81. The molecule has 4 rings (SSSR count). The highest BCUT2D eigenvalue weighted by Crippen LogP contribution is 2.30. The first-order chi connectivity index (χ1) is 15.4. The summed E-state index contributed by atoms with van der Waals surface area (Å²) in [6.07, 6.45) is 2.53. The number of anilines is 1. The van der Waals surface area contributed by atoms with Crippen LogP contribution in [0.3, 0.4) is 0 Å². The lowest BCUT2D eigenvalue weighted by Gasteiger charge is -2.19. The number of aromatic nitrogens is 2. The number of aromatic amines is 1. The zero-order chi connectivity index (χ0) is 22.8. The van der Waals surface area contributed by atoms with Gasteiger partial charge < -0.3 is 19.5 Å². The van der Waals surface area contributed by atoms with E-state index < -0.39 is 5.97 Å². The Morgan fingerprint density at radius 2 is 1.97 bits per heavy atom. The molecule has 2 aromatic carbocycles. The van der Waals surface area contributed by atoms with E-state index in [0.717, 1.165) is 17.3 Å². The fourth-order valence-electron chi connectivity index (χ4n) is 3.57. The molecule has 0 saturated heterocycles. The van der Waals surface area contributed by atoms with E-state index in [1.807, 2.05) is 26.0 Å². The number of para-hydroxylation sites is 1. The van der Waals surface area contributed by atoms with Crippen molar-refractivity contribution in [1.29, 1.82) is 0 Å². The zero-order valence-electron chi connectivity index (χ0n) is 17.8. The summed E-state index contributed by atoms with van der Waals surface area (Å²) in [5.41, 5.74) is 2.80. The lowest BCUT2D eigenvalue weighted by Crippen LogP contribution is -2.13. The van der Waals surface area contributed by atoms with E-state index in [1.165, 1.54) is 19.4 Å². The van der Waals surface area contributed by atoms with Crippen molar-refractivity contribution in [1.82, 2.24) is 9.97 Å². The minimum atomic E-state index is -0.452. The molecule has 1 unspecified atom stereocenters. The smallest absolute Gasteiger partial charge is 0.339 e. The number of nitrogens with one attached hydrogen (secondary N) is 2. The first-order valence-electron chi connectivity index (χ1n) is 9.94. The van der Waals surface area contributed by atoms with Gasteiger partial charge >= 0.3 is 5.97 Å². The fraction of sp³-hybridized carbons (Fsp3) is 0.167. The van der Waals surface area contributed by atoms with E-state index in [4.69, 9.17) is 9.15 Å². The first-order valence-corrected chi connectivity index (χ1v) is 9.94. The van der Waals surface area contributed by atoms with Crippen LogP contribution in [0.5, 0.6) is 0 Å². The molecular weight excluding hydrogens is 410 g/mol. The Kier molecular flexibility index (Phi) is 5.59. The van der Waals surface area contributed by atoms with E-state index in [9.17, 15) is 14.4 Å². The third-order valence-electron chi connectivity index (χ3n) is 5.10. The Bertz CT molecular complexity index is 1420. The van der Waals surface area contributed by atoms with Gasteiger partial charge in [0.15, 0.2) is 11.2 Å². The van der Waals surface area contributed by atoms with Crippen molar-refractivity contribution in [2.75, 3.05) is 12.4 Å². The number of benzene rings is 2. The largest absolute Gasteiger partial charge is 0.465 e. The second-order valence-corrected chi connectivity index (χ2v) is 7.41. The van der Waals surface area contributed by atoms with Gasteiger partial charge in [0.2, 0.25) is 0 Å². The molecule has 0 spiro atoms. The highest BCUT2D eigenvalue weighted by molar-refractivity contribution is 5.95. The van der Waals surface area contributed by atoms with Gasteiger partial charge in [-0.1, -0.05) is 18.2 Å². The molecule has 2 N–H and O–H groups in total. The topological polar surface area (TPSA) is 114 Å². The van der Waals surface area contributed by atoms with E-state index in [2.05, 4.69) is 15.3 Å². The van der Waals surface area contributed by atoms with Gasteiger partial charge in [-0.05, 0) is 37.6 Å². The van der Waals surface area contributed by atoms with Crippen LogP contribution in [-0.4, -0.2) is 23.0 Å². The number of aryl methyl sites for hydroxylation is 1. The Morgan fingerprint density at radius 1 is 1.19 bits per heavy atom. The van der Waals surface area contributed by atoms with Crippen LogP contribution < -0.4 is 16.3 Å². The summed E-state index contributed by atoms with van der Waals surface area (Å²) < 4.78 is 11.0. The van der Waals surface area contributed by atoms with Crippen molar-refractivity contribution in [3.63, 3.8) is 0 Å². The van der Waals surface area contributed by atoms with Gasteiger partial charge in [0, 0.05) is 23.5 Å². The van der Waals surface area contributed by atoms with Crippen LogP contribution >= 0.6 is 0 Å². The van der Waals surface area contributed by atoms with Crippen LogP contribution in [0.15, 0.2) is 68.9 Å². The van der Waals surface area contributed by atoms with Crippen LogP contribution in [-0.2, 0) is 4.74 Å². The molecule has 1 atom stereocenters. The summed E-state index contributed by atoms with van der Waals surface area (Å²) in [7, 11) is 1.33. The monoisotopic (exact) mass is 431 g/mol. The molecule has 0 aliphatic carbocycles. The van der Waals surface area contributed by atoms with Gasteiger partial charge in [0.25, 0.3) is 5.56 Å². The second kappa shape index (κ2) is 8.50. The number of hydrogen-bond acceptors (Lipinski definition) is 7. The van der Waals surface area contributed by atoms with Gasteiger partial charge in [0.1, 0.15) is 11.3 Å². The standard InChI is InChI=1S/C24H21N3O5/c1-13-8-16(14(2)27-18-7-5-4-6-15(18)24(30)31-3)23-17(9-13)20(28)10-21(32-23)19-11-26-22(29)12-25-19/h4-12,14,27H,1-3H3,(H,26,29). The zero-order valence-corrected chi connectivity index (χ0v) is 17.8. The normalized spacial score (nSPS) is 11.8. The third kappa shape index (κ3) is 4.02. The maximum atomic E-state index is 12.9. The summed E-state index contributed by atoms with van der Waals surface area (Å²) in [6, 6.07) is 11.8. The van der Waals surface area contributed by atoms with Gasteiger partial charge in [-0.3, -0.25) is 9.59 Å². The van der Waals surface area contributed by atoms with Crippen LogP contribution in [0, 0.1) is 6.92 Å². The molecule has 0 aliphatic heterocycles. The molecule has 4 aromatic rings. The average molecular weight is 431 g/mol. The summed E-state index contributed by atoms with van der Waals surface area (Å²) >= 11 is 0. The van der Waals surface area contributed by atoms with Crippen LogP contribution in [0.4, 0.5) is 5.69 Å². The second-order valence-electron chi connectivity index (χ2n) is 7.41. The number of hydrogen-bond donors (Lipinski definition) is 2.